The molecule has 0 bridgehead atoms. The first-order chi connectivity index (χ1) is 9.99. The van der Waals surface area contributed by atoms with Gasteiger partial charge in [0.25, 0.3) is 0 Å². The molecule has 6 heteroatoms. The summed E-state index contributed by atoms with van der Waals surface area (Å²) >= 11 is 0. The molecular formula is C15H23N3O3. The number of likely N-dealkylation sites (N-methyl/N-ethyl adjacent to an activating group) is 1. The number of anilines is 1. The Balaban J connectivity index is 2.10. The standard InChI is InChI=1S/C15H23N3O3/c1-11-4-5-13(15(19)20)14(16-11)17(3)10-12(2)18-6-8-21-9-7-18/h4-5,12H,6-10H2,1-3H3,(H,19,20). The van der Waals surface area contributed by atoms with Crippen LogP contribution in [0.4, 0.5) is 5.82 Å². The largest absolute Gasteiger partial charge is 0.478 e. The second-order valence-electron chi connectivity index (χ2n) is 5.51. The lowest BCUT2D eigenvalue weighted by Crippen LogP contribution is -2.47. The van der Waals surface area contributed by atoms with Gasteiger partial charge in [-0.15, -0.1) is 0 Å². The number of pyridine rings is 1. The first-order valence-electron chi connectivity index (χ1n) is 7.23. The number of carboxylic acids is 1. The molecule has 1 aliphatic heterocycles. The number of carboxylic acid groups (broad SMARTS) is 1. The number of ether oxygens (including phenoxy) is 1. The minimum atomic E-state index is -0.941. The molecule has 0 aliphatic carbocycles. The van der Waals surface area contributed by atoms with Crippen molar-refractivity contribution in [1.82, 2.24) is 9.88 Å². The Morgan fingerprint density at radius 2 is 2.14 bits per heavy atom. The van der Waals surface area contributed by atoms with Crippen molar-refractivity contribution >= 4 is 11.8 Å². The Hall–Kier alpha value is -1.66. The highest BCUT2D eigenvalue weighted by Crippen LogP contribution is 2.18. The molecule has 2 heterocycles. The lowest BCUT2D eigenvalue weighted by Gasteiger charge is -2.35. The van der Waals surface area contributed by atoms with Crippen molar-refractivity contribution in [1.29, 1.82) is 0 Å². The Labute approximate surface area is 125 Å². The monoisotopic (exact) mass is 293 g/mol. The zero-order valence-electron chi connectivity index (χ0n) is 12.9. The molecule has 1 aromatic heterocycles. The van der Waals surface area contributed by atoms with E-state index < -0.39 is 5.97 Å². The predicted molar refractivity (Wildman–Crippen MR) is 81.1 cm³/mol. The van der Waals surface area contributed by atoms with E-state index in [0.717, 1.165) is 38.5 Å². The first kappa shape index (κ1) is 15.7. The van der Waals surface area contributed by atoms with Gasteiger partial charge < -0.3 is 14.7 Å². The van der Waals surface area contributed by atoms with Gasteiger partial charge >= 0.3 is 5.97 Å². The first-order valence-corrected chi connectivity index (χ1v) is 7.23. The van der Waals surface area contributed by atoms with Crippen molar-refractivity contribution in [2.45, 2.75) is 19.9 Å². The average molecular weight is 293 g/mol. The van der Waals surface area contributed by atoms with Gasteiger partial charge in [-0.25, -0.2) is 9.78 Å². The van der Waals surface area contributed by atoms with E-state index in [-0.39, 0.29) is 5.56 Å². The molecule has 1 aliphatic rings. The summed E-state index contributed by atoms with van der Waals surface area (Å²) in [5.74, 6) is -0.411. The molecule has 0 aromatic carbocycles. The highest BCUT2D eigenvalue weighted by Gasteiger charge is 2.21. The van der Waals surface area contributed by atoms with Crippen LogP contribution in [0.5, 0.6) is 0 Å². The van der Waals surface area contributed by atoms with Crippen LogP contribution in [-0.2, 0) is 4.74 Å². The number of carbonyl (C=O) groups is 1. The molecule has 116 valence electrons. The summed E-state index contributed by atoms with van der Waals surface area (Å²) in [6.07, 6.45) is 0. The lowest BCUT2D eigenvalue weighted by atomic mass is 10.2. The van der Waals surface area contributed by atoms with E-state index >= 15 is 0 Å². The Morgan fingerprint density at radius 3 is 2.76 bits per heavy atom. The van der Waals surface area contributed by atoms with Crippen LogP contribution < -0.4 is 4.90 Å². The van der Waals surface area contributed by atoms with Crippen LogP contribution in [0.15, 0.2) is 12.1 Å². The molecule has 1 fully saturated rings. The summed E-state index contributed by atoms with van der Waals surface area (Å²) in [4.78, 5) is 20.0. The summed E-state index contributed by atoms with van der Waals surface area (Å²) in [7, 11) is 1.89. The van der Waals surface area contributed by atoms with Crippen LogP contribution in [0.2, 0.25) is 0 Å². The van der Waals surface area contributed by atoms with Crippen LogP contribution in [0.3, 0.4) is 0 Å². The Bertz CT molecular complexity index is 501. The highest BCUT2D eigenvalue weighted by molar-refractivity contribution is 5.93. The normalized spacial score (nSPS) is 17.5. The van der Waals surface area contributed by atoms with Crippen molar-refractivity contribution in [2.24, 2.45) is 0 Å². The fraction of sp³-hybridized carbons (Fsp3) is 0.600. The van der Waals surface area contributed by atoms with Gasteiger partial charge in [-0.1, -0.05) is 0 Å². The van der Waals surface area contributed by atoms with Crippen molar-refractivity contribution in [2.75, 3.05) is 44.8 Å². The van der Waals surface area contributed by atoms with Gasteiger partial charge in [-0.3, -0.25) is 4.90 Å². The number of morpholine rings is 1. The maximum Gasteiger partial charge on any atom is 0.339 e. The van der Waals surface area contributed by atoms with Crippen LogP contribution in [0.25, 0.3) is 0 Å². The summed E-state index contributed by atoms with van der Waals surface area (Å²) in [6, 6.07) is 3.67. The maximum atomic E-state index is 11.3. The number of aryl methyl sites for hydroxylation is 1. The third kappa shape index (κ3) is 3.92. The van der Waals surface area contributed by atoms with Gasteiger partial charge in [-0.2, -0.15) is 0 Å². The molecule has 0 spiro atoms. The maximum absolute atomic E-state index is 11.3. The van der Waals surface area contributed by atoms with E-state index in [4.69, 9.17) is 4.74 Å². The minimum Gasteiger partial charge on any atom is -0.478 e. The van der Waals surface area contributed by atoms with Gasteiger partial charge in [0.05, 0.1) is 13.2 Å². The van der Waals surface area contributed by atoms with Gasteiger partial charge in [0, 0.05) is 38.4 Å². The third-order valence-electron chi connectivity index (χ3n) is 3.81. The van der Waals surface area contributed by atoms with Crippen LogP contribution in [0.1, 0.15) is 23.0 Å². The number of aromatic carboxylic acids is 1. The fourth-order valence-electron chi connectivity index (χ4n) is 2.62. The summed E-state index contributed by atoms with van der Waals surface area (Å²) in [5, 5.41) is 9.29. The van der Waals surface area contributed by atoms with E-state index in [2.05, 4.69) is 16.8 Å². The molecule has 1 aromatic rings. The molecule has 2 rings (SSSR count). The molecule has 1 unspecified atom stereocenters. The topological polar surface area (TPSA) is 65.9 Å². The van der Waals surface area contributed by atoms with Crippen molar-refractivity contribution in [3.63, 3.8) is 0 Å². The van der Waals surface area contributed by atoms with E-state index in [0.29, 0.717) is 11.9 Å². The molecule has 6 nitrogen and oxygen atoms in total. The Morgan fingerprint density at radius 1 is 1.48 bits per heavy atom. The SMILES string of the molecule is Cc1ccc(C(=O)O)c(N(C)CC(C)N2CCOCC2)n1. The van der Waals surface area contributed by atoms with Crippen molar-refractivity contribution < 1.29 is 14.6 Å². The van der Waals surface area contributed by atoms with E-state index in [9.17, 15) is 9.90 Å². The summed E-state index contributed by atoms with van der Waals surface area (Å²) < 4.78 is 5.36. The van der Waals surface area contributed by atoms with Crippen LogP contribution in [0, 0.1) is 6.92 Å². The van der Waals surface area contributed by atoms with Gasteiger partial charge in [0.15, 0.2) is 0 Å². The van der Waals surface area contributed by atoms with E-state index in [1.165, 1.54) is 0 Å². The average Bonchev–Trinajstić information content (AvgIpc) is 2.47. The second kappa shape index (κ2) is 6.87. The molecule has 1 saturated heterocycles. The zero-order chi connectivity index (χ0) is 15.4. The molecule has 0 saturated carbocycles. The van der Waals surface area contributed by atoms with Crippen LogP contribution in [-0.4, -0.2) is 66.9 Å². The predicted octanol–water partition coefficient (Wildman–Crippen LogP) is 1.25. The van der Waals surface area contributed by atoms with Gasteiger partial charge in [-0.05, 0) is 26.0 Å². The van der Waals surface area contributed by atoms with E-state index in [1.807, 2.05) is 18.9 Å². The molecule has 21 heavy (non-hydrogen) atoms. The quantitative estimate of drug-likeness (QED) is 0.881. The second-order valence-corrected chi connectivity index (χ2v) is 5.51. The zero-order valence-corrected chi connectivity index (χ0v) is 12.9. The number of rotatable bonds is 5. The molecule has 0 amide bonds. The number of aromatic nitrogens is 1. The summed E-state index contributed by atoms with van der Waals surface area (Å²) in [5.41, 5.74) is 1.07. The third-order valence-corrected chi connectivity index (χ3v) is 3.81. The van der Waals surface area contributed by atoms with Crippen molar-refractivity contribution in [3.05, 3.63) is 23.4 Å². The fourth-order valence-corrected chi connectivity index (χ4v) is 2.62. The van der Waals surface area contributed by atoms with Gasteiger partial charge in [0.1, 0.15) is 11.4 Å². The number of hydrogen-bond donors (Lipinski definition) is 1. The molecule has 1 atom stereocenters. The number of nitrogens with zero attached hydrogens (tertiary/aromatic N) is 3. The smallest absolute Gasteiger partial charge is 0.339 e. The number of hydrogen-bond acceptors (Lipinski definition) is 5. The summed E-state index contributed by atoms with van der Waals surface area (Å²) in [6.45, 7) is 8.11. The Kier molecular flexibility index (Phi) is 5.14. The molecular weight excluding hydrogens is 270 g/mol. The minimum absolute atomic E-state index is 0.247. The highest BCUT2D eigenvalue weighted by atomic mass is 16.5. The molecule has 0 radical (unpaired) electrons. The van der Waals surface area contributed by atoms with Crippen molar-refractivity contribution in [3.8, 4) is 0 Å². The molecule has 1 N–H and O–H groups in total. The van der Waals surface area contributed by atoms with E-state index in [1.54, 1.807) is 12.1 Å². The van der Waals surface area contributed by atoms with Crippen LogP contribution >= 0.6 is 0 Å². The van der Waals surface area contributed by atoms with Gasteiger partial charge in [0.2, 0.25) is 0 Å². The lowest BCUT2D eigenvalue weighted by molar-refractivity contribution is 0.0217.